The summed E-state index contributed by atoms with van der Waals surface area (Å²) in [5.41, 5.74) is 0. The van der Waals surface area contributed by atoms with Gasteiger partial charge in [-0.2, -0.15) is 0 Å². The summed E-state index contributed by atoms with van der Waals surface area (Å²) in [4.78, 5) is 2.43. The summed E-state index contributed by atoms with van der Waals surface area (Å²) >= 11 is 1.70. The van der Waals surface area contributed by atoms with Gasteiger partial charge in [0, 0.05) is 22.4 Å². The topological polar surface area (TPSA) is 66.4 Å². The minimum absolute atomic E-state index is 0.0412. The first kappa shape index (κ1) is 15.6. The fourth-order valence-electron chi connectivity index (χ4n) is 1.71. The molecule has 0 spiro atoms. The highest BCUT2D eigenvalue weighted by molar-refractivity contribution is 7.89. The third kappa shape index (κ3) is 5.95. The molecule has 1 aromatic heterocycles. The number of nitrogens with one attached hydrogen (secondary N) is 1. The Bertz CT molecular complexity index is 454. The lowest BCUT2D eigenvalue weighted by Gasteiger charge is -2.13. The van der Waals surface area contributed by atoms with Gasteiger partial charge >= 0.3 is 0 Å². The summed E-state index contributed by atoms with van der Waals surface area (Å²) in [6.45, 7) is 3.95. The van der Waals surface area contributed by atoms with E-state index in [1.165, 1.54) is 9.75 Å². The van der Waals surface area contributed by atoms with Crippen molar-refractivity contribution in [3.63, 3.8) is 0 Å². The van der Waals surface area contributed by atoms with E-state index in [0.717, 1.165) is 6.42 Å². The number of aliphatic hydroxyl groups is 1. The molecule has 104 valence electrons. The zero-order chi connectivity index (χ0) is 13.6. The maximum atomic E-state index is 11.7. The van der Waals surface area contributed by atoms with E-state index in [1.807, 2.05) is 26.0 Å². The van der Waals surface area contributed by atoms with Crippen LogP contribution in [0.2, 0.25) is 0 Å². The smallest absolute Gasteiger partial charge is 0.211 e. The summed E-state index contributed by atoms with van der Waals surface area (Å²) in [7, 11) is -3.22. The Hall–Kier alpha value is -0.430. The quantitative estimate of drug-likeness (QED) is 0.716. The zero-order valence-corrected chi connectivity index (χ0v) is 12.5. The first-order valence-electron chi connectivity index (χ1n) is 6.09. The van der Waals surface area contributed by atoms with Crippen molar-refractivity contribution in [1.29, 1.82) is 0 Å². The molecule has 0 aliphatic heterocycles. The molecular weight excluding hydrogens is 270 g/mol. The Labute approximate surface area is 113 Å². The second kappa shape index (κ2) is 7.23. The normalized spacial score (nSPS) is 13.7. The standard InChI is InChI=1S/C12H21NO3S2/c1-10(9-12-6-5-11(2)17-12)13-18(15,16)8-4-3-7-14/h5-6,10,13-14H,3-4,7-9H2,1-2H3. The van der Waals surface area contributed by atoms with Crippen LogP contribution in [0.1, 0.15) is 29.5 Å². The van der Waals surface area contributed by atoms with E-state index in [9.17, 15) is 8.42 Å². The Morgan fingerprint density at radius 3 is 2.67 bits per heavy atom. The number of unbranched alkanes of at least 4 members (excludes halogenated alkanes) is 1. The number of rotatable bonds is 8. The molecule has 0 aliphatic rings. The van der Waals surface area contributed by atoms with Crippen LogP contribution in [-0.4, -0.2) is 31.9 Å². The van der Waals surface area contributed by atoms with Gasteiger partial charge in [0.2, 0.25) is 10.0 Å². The highest BCUT2D eigenvalue weighted by Gasteiger charge is 2.14. The molecule has 0 saturated carbocycles. The van der Waals surface area contributed by atoms with Crippen molar-refractivity contribution in [3.8, 4) is 0 Å². The van der Waals surface area contributed by atoms with Gasteiger partial charge in [0.15, 0.2) is 0 Å². The van der Waals surface area contributed by atoms with Gasteiger partial charge in [-0.15, -0.1) is 11.3 Å². The Morgan fingerprint density at radius 1 is 1.39 bits per heavy atom. The van der Waals surface area contributed by atoms with Crippen molar-refractivity contribution in [2.24, 2.45) is 0 Å². The van der Waals surface area contributed by atoms with E-state index < -0.39 is 10.0 Å². The first-order valence-corrected chi connectivity index (χ1v) is 8.56. The molecule has 1 unspecified atom stereocenters. The van der Waals surface area contributed by atoms with Crippen molar-refractivity contribution in [2.75, 3.05) is 12.4 Å². The predicted molar refractivity (Wildman–Crippen MR) is 75.5 cm³/mol. The average molecular weight is 291 g/mol. The molecule has 0 radical (unpaired) electrons. The van der Waals surface area contributed by atoms with Gasteiger partial charge in [-0.3, -0.25) is 0 Å². The first-order chi connectivity index (χ1) is 8.43. The lowest BCUT2D eigenvalue weighted by molar-refractivity contribution is 0.287. The second-order valence-electron chi connectivity index (χ2n) is 4.48. The fraction of sp³-hybridized carbons (Fsp3) is 0.667. The van der Waals surface area contributed by atoms with Crippen LogP contribution in [0.3, 0.4) is 0 Å². The molecule has 0 aliphatic carbocycles. The van der Waals surface area contributed by atoms with Gasteiger partial charge in [0.05, 0.1) is 5.75 Å². The lowest BCUT2D eigenvalue weighted by atomic mass is 10.2. The Kier molecular flexibility index (Phi) is 6.28. The SMILES string of the molecule is Cc1ccc(CC(C)NS(=O)(=O)CCCCO)s1. The molecule has 6 heteroatoms. The molecule has 4 nitrogen and oxygen atoms in total. The average Bonchev–Trinajstić information content (AvgIpc) is 2.63. The van der Waals surface area contributed by atoms with Crippen LogP contribution in [0.5, 0.6) is 0 Å². The molecule has 1 aromatic rings. The van der Waals surface area contributed by atoms with Crippen LogP contribution in [0.25, 0.3) is 0 Å². The molecule has 0 amide bonds. The molecule has 1 rings (SSSR count). The summed E-state index contributed by atoms with van der Waals surface area (Å²) in [6, 6.07) is 3.99. The second-order valence-corrected chi connectivity index (χ2v) is 7.73. The molecule has 0 fully saturated rings. The van der Waals surface area contributed by atoms with Crippen LogP contribution < -0.4 is 4.72 Å². The van der Waals surface area contributed by atoms with Crippen molar-refractivity contribution in [2.45, 2.75) is 39.2 Å². The zero-order valence-electron chi connectivity index (χ0n) is 10.8. The van der Waals surface area contributed by atoms with Gasteiger partial charge in [0.1, 0.15) is 0 Å². The minimum Gasteiger partial charge on any atom is -0.396 e. The number of thiophene rings is 1. The van der Waals surface area contributed by atoms with Gasteiger partial charge in [-0.05, 0) is 45.2 Å². The highest BCUT2D eigenvalue weighted by Crippen LogP contribution is 2.16. The highest BCUT2D eigenvalue weighted by atomic mass is 32.2. The third-order valence-electron chi connectivity index (χ3n) is 2.51. The number of aryl methyl sites for hydroxylation is 1. The largest absolute Gasteiger partial charge is 0.396 e. The number of aliphatic hydroxyl groups excluding tert-OH is 1. The third-order valence-corrected chi connectivity index (χ3v) is 5.12. The van der Waals surface area contributed by atoms with Crippen LogP contribution >= 0.6 is 11.3 Å². The van der Waals surface area contributed by atoms with Crippen molar-refractivity contribution in [1.82, 2.24) is 4.72 Å². The number of hydrogen-bond donors (Lipinski definition) is 2. The summed E-state index contributed by atoms with van der Waals surface area (Å²) in [6.07, 6.45) is 1.74. The molecule has 1 heterocycles. The predicted octanol–water partition coefficient (Wildman–Crippen LogP) is 1.68. The molecule has 0 bridgehead atoms. The maximum Gasteiger partial charge on any atom is 0.211 e. The molecule has 18 heavy (non-hydrogen) atoms. The monoisotopic (exact) mass is 291 g/mol. The summed E-state index contributed by atoms with van der Waals surface area (Å²) in [5.74, 6) is 0.0847. The van der Waals surface area contributed by atoms with Crippen molar-refractivity contribution < 1.29 is 13.5 Å². The fourth-order valence-corrected chi connectivity index (χ4v) is 4.13. The van der Waals surface area contributed by atoms with Gasteiger partial charge in [-0.25, -0.2) is 13.1 Å². The molecule has 0 aromatic carbocycles. The van der Waals surface area contributed by atoms with Crippen LogP contribution in [0.4, 0.5) is 0 Å². The van der Waals surface area contributed by atoms with Crippen molar-refractivity contribution in [3.05, 3.63) is 21.9 Å². The molecular formula is C12H21NO3S2. The van der Waals surface area contributed by atoms with Crippen LogP contribution in [-0.2, 0) is 16.4 Å². The Balaban J connectivity index is 2.41. The van der Waals surface area contributed by atoms with Crippen molar-refractivity contribution >= 4 is 21.4 Å². The van der Waals surface area contributed by atoms with Crippen LogP contribution in [0, 0.1) is 6.92 Å². The molecule has 2 N–H and O–H groups in total. The molecule has 1 atom stereocenters. The van der Waals surface area contributed by atoms with E-state index in [-0.39, 0.29) is 18.4 Å². The number of hydrogen-bond acceptors (Lipinski definition) is 4. The number of sulfonamides is 1. The lowest BCUT2D eigenvalue weighted by Crippen LogP contribution is -2.35. The van der Waals surface area contributed by atoms with Gasteiger partial charge in [0.25, 0.3) is 0 Å². The van der Waals surface area contributed by atoms with Gasteiger partial charge in [-0.1, -0.05) is 0 Å². The van der Waals surface area contributed by atoms with E-state index in [2.05, 4.69) is 4.72 Å². The minimum atomic E-state index is -3.22. The summed E-state index contributed by atoms with van der Waals surface area (Å²) in [5, 5.41) is 8.63. The van der Waals surface area contributed by atoms with E-state index in [1.54, 1.807) is 11.3 Å². The summed E-state index contributed by atoms with van der Waals surface area (Å²) < 4.78 is 26.1. The van der Waals surface area contributed by atoms with E-state index >= 15 is 0 Å². The van der Waals surface area contributed by atoms with Gasteiger partial charge < -0.3 is 5.11 Å². The van der Waals surface area contributed by atoms with E-state index in [0.29, 0.717) is 12.8 Å². The van der Waals surface area contributed by atoms with E-state index in [4.69, 9.17) is 5.11 Å². The molecule has 0 saturated heterocycles. The maximum absolute atomic E-state index is 11.7. The van der Waals surface area contributed by atoms with Crippen LogP contribution in [0.15, 0.2) is 12.1 Å². The Morgan fingerprint density at radius 2 is 2.11 bits per heavy atom.